The maximum atomic E-state index is 12.6. The molecule has 17 heavy (non-hydrogen) atoms. The van der Waals surface area contributed by atoms with Crippen molar-refractivity contribution in [1.82, 2.24) is 5.32 Å². The van der Waals surface area contributed by atoms with Gasteiger partial charge in [0.25, 0.3) is 5.91 Å². The van der Waals surface area contributed by atoms with Crippen LogP contribution in [0.2, 0.25) is 0 Å². The predicted molar refractivity (Wildman–Crippen MR) is 60.2 cm³/mol. The number of aliphatic carboxylic acids is 1. The molecule has 1 amide bonds. The zero-order chi connectivity index (χ0) is 12.8. The largest absolute Gasteiger partial charge is 0.480 e. The third kappa shape index (κ3) is 3.86. The fourth-order valence-corrected chi connectivity index (χ4v) is 1.39. The Morgan fingerprint density at radius 2 is 1.94 bits per heavy atom. The van der Waals surface area contributed by atoms with E-state index in [0.717, 1.165) is 12.1 Å². The first-order valence-electron chi connectivity index (χ1n) is 5.33. The van der Waals surface area contributed by atoms with Crippen molar-refractivity contribution in [3.05, 3.63) is 35.6 Å². The minimum Gasteiger partial charge on any atom is -0.480 e. The molecule has 92 valence electrons. The van der Waals surface area contributed by atoms with Crippen molar-refractivity contribution in [2.24, 2.45) is 0 Å². The highest BCUT2D eigenvalue weighted by Crippen LogP contribution is 2.04. The van der Waals surface area contributed by atoms with Gasteiger partial charge in [0.2, 0.25) is 0 Å². The van der Waals surface area contributed by atoms with E-state index in [-0.39, 0.29) is 5.56 Å². The number of carboxylic acid groups (broad SMARTS) is 1. The first kappa shape index (κ1) is 13.2. The molecule has 0 saturated heterocycles. The van der Waals surface area contributed by atoms with Crippen LogP contribution in [0.4, 0.5) is 4.39 Å². The highest BCUT2D eigenvalue weighted by molar-refractivity contribution is 5.96. The van der Waals surface area contributed by atoms with Crippen molar-refractivity contribution in [3.8, 4) is 0 Å². The van der Waals surface area contributed by atoms with Crippen molar-refractivity contribution in [2.45, 2.75) is 25.8 Å². The summed E-state index contributed by atoms with van der Waals surface area (Å²) in [5.74, 6) is -2.02. The summed E-state index contributed by atoms with van der Waals surface area (Å²) >= 11 is 0. The van der Waals surface area contributed by atoms with Crippen molar-refractivity contribution in [3.63, 3.8) is 0 Å². The second-order valence-electron chi connectivity index (χ2n) is 3.66. The molecule has 1 atom stereocenters. The van der Waals surface area contributed by atoms with E-state index in [0.29, 0.717) is 12.8 Å². The van der Waals surface area contributed by atoms with Gasteiger partial charge >= 0.3 is 5.97 Å². The van der Waals surface area contributed by atoms with Gasteiger partial charge in [-0.2, -0.15) is 0 Å². The van der Waals surface area contributed by atoms with E-state index >= 15 is 0 Å². The van der Waals surface area contributed by atoms with E-state index in [1.54, 1.807) is 0 Å². The van der Waals surface area contributed by atoms with Gasteiger partial charge in [-0.25, -0.2) is 9.18 Å². The topological polar surface area (TPSA) is 66.4 Å². The lowest BCUT2D eigenvalue weighted by molar-refractivity contribution is -0.139. The standard InChI is InChI=1S/C12H14FNO3/c1-2-3-10(12(16)17)14-11(15)8-4-6-9(13)7-5-8/h4-7,10H,2-3H2,1H3,(H,14,15)(H,16,17)/t10-/m0/s1. The Balaban J connectivity index is 2.70. The van der Waals surface area contributed by atoms with Crippen LogP contribution < -0.4 is 5.32 Å². The van der Waals surface area contributed by atoms with E-state index in [1.807, 2.05) is 6.92 Å². The minimum atomic E-state index is -1.07. The van der Waals surface area contributed by atoms with Crippen LogP contribution in [0.3, 0.4) is 0 Å². The Bertz CT molecular complexity index is 403. The monoisotopic (exact) mass is 239 g/mol. The van der Waals surface area contributed by atoms with E-state index in [4.69, 9.17) is 5.11 Å². The van der Waals surface area contributed by atoms with E-state index in [2.05, 4.69) is 5.32 Å². The first-order chi connectivity index (χ1) is 8.04. The van der Waals surface area contributed by atoms with Gasteiger partial charge in [-0.05, 0) is 30.7 Å². The lowest BCUT2D eigenvalue weighted by atomic mass is 10.1. The predicted octanol–water partition coefficient (Wildman–Crippen LogP) is 1.81. The molecule has 0 aliphatic carbocycles. The van der Waals surface area contributed by atoms with E-state index < -0.39 is 23.7 Å². The normalized spacial score (nSPS) is 11.9. The quantitative estimate of drug-likeness (QED) is 0.823. The lowest BCUT2D eigenvalue weighted by Crippen LogP contribution is -2.40. The van der Waals surface area contributed by atoms with Gasteiger partial charge in [0, 0.05) is 5.56 Å². The second kappa shape index (κ2) is 5.98. The van der Waals surface area contributed by atoms with Crippen LogP contribution in [0.25, 0.3) is 0 Å². The second-order valence-corrected chi connectivity index (χ2v) is 3.66. The fraction of sp³-hybridized carbons (Fsp3) is 0.333. The SMILES string of the molecule is CCC[C@H](NC(=O)c1ccc(F)cc1)C(=O)O. The van der Waals surface area contributed by atoms with Crippen LogP contribution in [0.1, 0.15) is 30.1 Å². The van der Waals surface area contributed by atoms with Crippen LogP contribution in [-0.2, 0) is 4.79 Å². The average Bonchev–Trinajstić information content (AvgIpc) is 2.29. The molecule has 0 spiro atoms. The summed E-state index contributed by atoms with van der Waals surface area (Å²) in [5.41, 5.74) is 0.244. The number of carboxylic acids is 1. The summed E-state index contributed by atoms with van der Waals surface area (Å²) in [6.45, 7) is 1.83. The van der Waals surface area contributed by atoms with Crippen molar-refractivity contribution < 1.29 is 19.1 Å². The van der Waals surface area contributed by atoms with Crippen LogP contribution in [0.15, 0.2) is 24.3 Å². The number of hydrogen-bond acceptors (Lipinski definition) is 2. The molecule has 1 aromatic rings. The molecule has 1 rings (SSSR count). The Labute approximate surface area is 98.5 Å². The summed E-state index contributed by atoms with van der Waals surface area (Å²) in [5, 5.41) is 11.3. The van der Waals surface area contributed by atoms with Crippen LogP contribution in [-0.4, -0.2) is 23.0 Å². The number of amides is 1. The molecule has 0 bridgehead atoms. The van der Waals surface area contributed by atoms with Gasteiger partial charge in [-0.3, -0.25) is 4.79 Å². The van der Waals surface area contributed by atoms with Crippen LogP contribution in [0, 0.1) is 5.82 Å². The Morgan fingerprint density at radius 3 is 2.41 bits per heavy atom. The Morgan fingerprint density at radius 1 is 1.35 bits per heavy atom. The zero-order valence-corrected chi connectivity index (χ0v) is 9.44. The molecule has 0 aromatic heterocycles. The zero-order valence-electron chi connectivity index (χ0n) is 9.44. The van der Waals surface area contributed by atoms with Crippen molar-refractivity contribution >= 4 is 11.9 Å². The number of rotatable bonds is 5. The van der Waals surface area contributed by atoms with Gasteiger partial charge in [0.1, 0.15) is 11.9 Å². The molecular formula is C12H14FNO3. The summed E-state index contributed by atoms with van der Waals surface area (Å²) in [7, 11) is 0. The lowest BCUT2D eigenvalue weighted by Gasteiger charge is -2.13. The van der Waals surface area contributed by atoms with Gasteiger partial charge < -0.3 is 10.4 Å². The number of carbonyl (C=O) groups is 2. The third-order valence-corrected chi connectivity index (χ3v) is 2.29. The molecule has 0 saturated carbocycles. The van der Waals surface area contributed by atoms with Crippen molar-refractivity contribution in [2.75, 3.05) is 0 Å². The molecular weight excluding hydrogens is 225 g/mol. The summed E-state index contributed by atoms with van der Waals surface area (Å²) in [4.78, 5) is 22.5. The third-order valence-electron chi connectivity index (χ3n) is 2.29. The molecule has 1 aromatic carbocycles. The van der Waals surface area contributed by atoms with Crippen molar-refractivity contribution in [1.29, 1.82) is 0 Å². The molecule has 0 aliphatic rings. The summed E-state index contributed by atoms with van der Waals surface area (Å²) < 4.78 is 12.6. The summed E-state index contributed by atoms with van der Waals surface area (Å²) in [6, 6.07) is 4.04. The van der Waals surface area contributed by atoms with E-state index in [1.165, 1.54) is 12.1 Å². The summed E-state index contributed by atoms with van der Waals surface area (Å²) in [6.07, 6.45) is 1.02. The number of benzene rings is 1. The smallest absolute Gasteiger partial charge is 0.326 e. The van der Waals surface area contributed by atoms with Gasteiger partial charge in [0.15, 0.2) is 0 Å². The first-order valence-corrected chi connectivity index (χ1v) is 5.33. The maximum Gasteiger partial charge on any atom is 0.326 e. The molecule has 5 heteroatoms. The van der Waals surface area contributed by atoms with E-state index in [9.17, 15) is 14.0 Å². The van der Waals surface area contributed by atoms with Crippen LogP contribution in [0.5, 0.6) is 0 Å². The fourth-order valence-electron chi connectivity index (χ4n) is 1.39. The molecule has 4 nitrogen and oxygen atoms in total. The number of nitrogens with one attached hydrogen (secondary N) is 1. The molecule has 0 fully saturated rings. The van der Waals surface area contributed by atoms with Gasteiger partial charge in [-0.15, -0.1) is 0 Å². The molecule has 0 heterocycles. The van der Waals surface area contributed by atoms with Gasteiger partial charge in [0.05, 0.1) is 0 Å². The number of hydrogen-bond donors (Lipinski definition) is 2. The Hall–Kier alpha value is -1.91. The maximum absolute atomic E-state index is 12.6. The van der Waals surface area contributed by atoms with Gasteiger partial charge in [-0.1, -0.05) is 13.3 Å². The molecule has 2 N–H and O–H groups in total. The molecule has 0 radical (unpaired) electrons. The average molecular weight is 239 g/mol. The molecule has 0 unspecified atom stereocenters. The molecule has 0 aliphatic heterocycles. The highest BCUT2D eigenvalue weighted by Gasteiger charge is 2.19. The number of carbonyl (C=O) groups excluding carboxylic acids is 1. The highest BCUT2D eigenvalue weighted by atomic mass is 19.1. The minimum absolute atomic E-state index is 0.244. The van der Waals surface area contributed by atoms with Crippen LogP contribution >= 0.6 is 0 Å². The number of halogens is 1. The Kier molecular flexibility index (Phi) is 4.63.